The average molecular weight is 653 g/mol. The molecule has 0 aliphatic carbocycles. The summed E-state index contributed by atoms with van der Waals surface area (Å²) in [5.41, 5.74) is 1.66. The Hall–Kier alpha value is -4.58. The Balaban J connectivity index is 1.86. The molecule has 2 heterocycles. The molecule has 11 nitrogen and oxygen atoms in total. The number of thiazole rings is 1. The van der Waals surface area contributed by atoms with E-state index in [2.05, 4.69) is 9.73 Å². The highest BCUT2D eigenvalue weighted by Gasteiger charge is 2.34. The molecule has 12 heteroatoms. The van der Waals surface area contributed by atoms with Gasteiger partial charge in [-0.25, -0.2) is 14.6 Å². The van der Waals surface area contributed by atoms with Crippen LogP contribution in [-0.4, -0.2) is 56.1 Å². The molecule has 0 bridgehead atoms. The first-order valence-electron chi connectivity index (χ1n) is 15.2. The Bertz CT molecular complexity index is 1790. The number of esters is 2. The minimum atomic E-state index is -0.864. The Morgan fingerprint density at radius 1 is 0.957 bits per heavy atom. The molecule has 4 rings (SSSR count). The lowest BCUT2D eigenvalue weighted by Crippen LogP contribution is -2.40. The van der Waals surface area contributed by atoms with Crippen LogP contribution in [0.4, 0.5) is 0 Å². The van der Waals surface area contributed by atoms with Gasteiger partial charge in [0.2, 0.25) is 0 Å². The second-order valence-electron chi connectivity index (χ2n) is 10.3. The highest BCUT2D eigenvalue weighted by atomic mass is 32.1. The Kier molecular flexibility index (Phi) is 11.6. The summed E-state index contributed by atoms with van der Waals surface area (Å²) >= 11 is 1.22. The predicted molar refractivity (Wildman–Crippen MR) is 174 cm³/mol. The van der Waals surface area contributed by atoms with Gasteiger partial charge in [-0.1, -0.05) is 30.4 Å². The van der Waals surface area contributed by atoms with Crippen LogP contribution in [0, 0.1) is 0 Å². The van der Waals surface area contributed by atoms with Crippen LogP contribution in [0.2, 0.25) is 0 Å². The van der Waals surface area contributed by atoms with Crippen LogP contribution < -0.4 is 33.8 Å². The zero-order valence-electron chi connectivity index (χ0n) is 27.2. The molecule has 0 saturated carbocycles. The van der Waals surface area contributed by atoms with Crippen LogP contribution >= 0.6 is 11.3 Å². The van der Waals surface area contributed by atoms with Gasteiger partial charge in [0, 0.05) is 0 Å². The molecule has 0 N–H and O–H groups in total. The van der Waals surface area contributed by atoms with Crippen molar-refractivity contribution in [2.24, 2.45) is 4.99 Å². The van der Waals surface area contributed by atoms with E-state index in [1.54, 1.807) is 38.1 Å². The number of methoxy groups -OCH3 is 1. The Morgan fingerprint density at radius 3 is 2.30 bits per heavy atom. The fraction of sp³-hybridized carbons (Fsp3) is 0.412. The van der Waals surface area contributed by atoms with Crippen LogP contribution in [0.3, 0.4) is 0 Å². The van der Waals surface area contributed by atoms with Crippen LogP contribution in [0.1, 0.15) is 65.1 Å². The molecule has 0 amide bonds. The maximum absolute atomic E-state index is 14.1. The summed E-state index contributed by atoms with van der Waals surface area (Å²) in [4.78, 5) is 44.3. The number of carbonyl (C=O) groups excluding carboxylic acids is 2. The van der Waals surface area contributed by atoms with Crippen molar-refractivity contribution in [3.8, 4) is 23.0 Å². The van der Waals surface area contributed by atoms with E-state index in [1.807, 2.05) is 45.9 Å². The third-order valence-electron chi connectivity index (χ3n) is 7.14. The Morgan fingerprint density at radius 2 is 1.65 bits per heavy atom. The standard InChI is InChI=1S/C34H40N2O9S/c1-8-20(5)45-25-14-12-22(16-26(25)41-9-2)17-28-32(38)36-31(30(33(39)43-11-4)21(6)35-34(36)46-28)23-13-15-24(27(18-23)42-10-3)44-19-29(37)40-7/h12-18,20,31H,8-11,19H2,1-7H3/b28-17-/t20-,31-/m1/s1. The summed E-state index contributed by atoms with van der Waals surface area (Å²) in [6, 6.07) is 9.73. The number of ether oxygens (including phenoxy) is 6. The van der Waals surface area contributed by atoms with E-state index in [1.165, 1.54) is 23.0 Å². The molecule has 0 saturated heterocycles. The van der Waals surface area contributed by atoms with Gasteiger partial charge in [-0.3, -0.25) is 9.36 Å². The molecule has 0 unspecified atom stereocenters. The molecule has 46 heavy (non-hydrogen) atoms. The van der Waals surface area contributed by atoms with Crippen LogP contribution in [0.5, 0.6) is 23.0 Å². The van der Waals surface area contributed by atoms with E-state index < -0.39 is 18.0 Å². The van der Waals surface area contributed by atoms with Crippen molar-refractivity contribution in [1.82, 2.24) is 4.57 Å². The van der Waals surface area contributed by atoms with E-state index in [0.29, 0.717) is 56.8 Å². The molecular weight excluding hydrogens is 612 g/mol. The van der Waals surface area contributed by atoms with Gasteiger partial charge < -0.3 is 28.4 Å². The smallest absolute Gasteiger partial charge is 0.343 e. The number of carbonyl (C=O) groups is 2. The van der Waals surface area contributed by atoms with Crippen LogP contribution in [-0.2, 0) is 19.1 Å². The molecule has 2 aromatic carbocycles. The van der Waals surface area contributed by atoms with Crippen molar-refractivity contribution < 1.29 is 38.0 Å². The number of aromatic nitrogens is 1. The van der Waals surface area contributed by atoms with Gasteiger partial charge in [-0.05, 0) is 82.5 Å². The van der Waals surface area contributed by atoms with Gasteiger partial charge in [0.25, 0.3) is 5.56 Å². The van der Waals surface area contributed by atoms with Gasteiger partial charge in [0.05, 0.1) is 54.9 Å². The van der Waals surface area contributed by atoms with E-state index in [9.17, 15) is 14.4 Å². The maximum atomic E-state index is 14.1. The van der Waals surface area contributed by atoms with Crippen molar-refractivity contribution in [1.29, 1.82) is 0 Å². The van der Waals surface area contributed by atoms with Crippen LogP contribution in [0.15, 0.2) is 57.5 Å². The third-order valence-corrected chi connectivity index (χ3v) is 8.12. The number of hydrogen-bond acceptors (Lipinski definition) is 11. The fourth-order valence-electron chi connectivity index (χ4n) is 4.82. The topological polar surface area (TPSA) is 124 Å². The van der Waals surface area contributed by atoms with Gasteiger partial charge >= 0.3 is 11.9 Å². The molecule has 1 aliphatic heterocycles. The third kappa shape index (κ3) is 7.61. The summed E-state index contributed by atoms with van der Waals surface area (Å²) < 4.78 is 35.4. The molecule has 0 fully saturated rings. The summed E-state index contributed by atoms with van der Waals surface area (Å²) in [5.74, 6) is 0.743. The van der Waals surface area contributed by atoms with E-state index >= 15 is 0 Å². The minimum absolute atomic E-state index is 0.0160. The maximum Gasteiger partial charge on any atom is 0.343 e. The SMILES string of the molecule is CCOC(=O)C1=C(C)N=c2s/c(=C\c3ccc(O[C@H](C)CC)c(OCC)c3)c(=O)n2[C@@H]1c1ccc(OCC(=O)OC)c(OCC)c1. The first kappa shape index (κ1) is 34.3. The molecule has 3 aromatic rings. The molecule has 0 spiro atoms. The molecule has 0 radical (unpaired) electrons. The summed E-state index contributed by atoms with van der Waals surface area (Å²) in [7, 11) is 1.27. The van der Waals surface area contributed by atoms with Crippen molar-refractivity contribution in [2.75, 3.05) is 33.5 Å². The number of allylic oxidation sites excluding steroid dienone is 1. The second kappa shape index (κ2) is 15.6. The van der Waals surface area contributed by atoms with Gasteiger partial charge in [-0.2, -0.15) is 0 Å². The summed E-state index contributed by atoms with van der Waals surface area (Å²) in [5, 5.41) is 0. The lowest BCUT2D eigenvalue weighted by atomic mass is 9.95. The first-order valence-corrected chi connectivity index (χ1v) is 16.1. The highest BCUT2D eigenvalue weighted by molar-refractivity contribution is 7.07. The van der Waals surface area contributed by atoms with Crippen LogP contribution in [0.25, 0.3) is 6.08 Å². The first-order chi connectivity index (χ1) is 22.1. The minimum Gasteiger partial charge on any atom is -0.490 e. The lowest BCUT2D eigenvalue weighted by molar-refractivity contribution is -0.143. The summed E-state index contributed by atoms with van der Waals surface area (Å²) in [6.07, 6.45) is 2.63. The molecule has 1 aliphatic rings. The fourth-order valence-corrected chi connectivity index (χ4v) is 5.86. The average Bonchev–Trinajstić information content (AvgIpc) is 3.34. The highest BCUT2D eigenvalue weighted by Crippen LogP contribution is 2.36. The second-order valence-corrected chi connectivity index (χ2v) is 11.3. The monoisotopic (exact) mass is 652 g/mol. The summed E-state index contributed by atoms with van der Waals surface area (Å²) in [6.45, 7) is 11.8. The number of benzene rings is 2. The lowest BCUT2D eigenvalue weighted by Gasteiger charge is -2.25. The molecule has 2 atom stereocenters. The predicted octanol–water partition coefficient (Wildman–Crippen LogP) is 4.32. The van der Waals surface area contributed by atoms with Gasteiger partial charge in [-0.15, -0.1) is 0 Å². The van der Waals surface area contributed by atoms with Crippen molar-refractivity contribution in [3.63, 3.8) is 0 Å². The van der Waals surface area contributed by atoms with Gasteiger partial charge in [0.15, 0.2) is 34.4 Å². The zero-order chi connectivity index (χ0) is 33.4. The number of nitrogens with zero attached hydrogens (tertiary/aromatic N) is 2. The largest absolute Gasteiger partial charge is 0.490 e. The number of rotatable bonds is 14. The number of fused-ring (bicyclic) bond motifs is 1. The zero-order valence-corrected chi connectivity index (χ0v) is 28.0. The number of hydrogen-bond donors (Lipinski definition) is 0. The van der Waals surface area contributed by atoms with Crippen molar-refractivity contribution in [3.05, 3.63) is 78.5 Å². The van der Waals surface area contributed by atoms with E-state index in [4.69, 9.17) is 23.7 Å². The van der Waals surface area contributed by atoms with Crippen molar-refractivity contribution in [2.45, 2.75) is 60.1 Å². The Labute approximate surface area is 271 Å². The molecule has 1 aromatic heterocycles. The van der Waals surface area contributed by atoms with E-state index in [-0.39, 0.29) is 30.5 Å². The molecule has 246 valence electrons. The molecular formula is C34H40N2O9S. The van der Waals surface area contributed by atoms with Crippen molar-refractivity contribution >= 4 is 29.4 Å². The normalized spacial score (nSPS) is 15.0. The van der Waals surface area contributed by atoms with E-state index in [0.717, 1.165) is 12.0 Å². The van der Waals surface area contributed by atoms with Gasteiger partial charge in [0.1, 0.15) is 0 Å². The quantitative estimate of drug-likeness (QED) is 0.234.